The van der Waals surface area contributed by atoms with E-state index >= 15 is 0 Å². The molecular weight excluding hydrogens is 424 g/mol. The van der Waals surface area contributed by atoms with Gasteiger partial charge in [-0.15, -0.1) is 0 Å². The first kappa shape index (κ1) is 23.3. The molecule has 0 aliphatic carbocycles. The molecule has 0 atom stereocenters. The fourth-order valence-electron chi connectivity index (χ4n) is 4.23. The molecule has 5 nitrogen and oxygen atoms in total. The highest BCUT2D eigenvalue weighted by atomic mass is 16.5. The molecule has 0 spiro atoms. The SMILES string of the molecule is CCN(Cc1ccccc1)C1=C(c2ccc(C)cc2)C(=O)N(CCc2ccc(OC)cc2)C1=O. The largest absolute Gasteiger partial charge is 0.497 e. The van der Waals surface area contributed by atoms with E-state index in [-0.39, 0.29) is 11.8 Å². The van der Waals surface area contributed by atoms with E-state index in [0.29, 0.717) is 37.3 Å². The van der Waals surface area contributed by atoms with Crippen molar-refractivity contribution in [3.05, 3.63) is 107 Å². The van der Waals surface area contributed by atoms with Crippen LogP contribution in [0.2, 0.25) is 0 Å². The Morgan fingerprint density at radius 2 is 1.50 bits per heavy atom. The average Bonchev–Trinajstić information content (AvgIpc) is 3.12. The molecule has 0 unspecified atom stereocenters. The minimum absolute atomic E-state index is 0.230. The summed E-state index contributed by atoms with van der Waals surface area (Å²) in [7, 11) is 1.63. The topological polar surface area (TPSA) is 49.9 Å². The number of benzene rings is 3. The van der Waals surface area contributed by atoms with Gasteiger partial charge in [0.2, 0.25) is 0 Å². The van der Waals surface area contributed by atoms with Crippen LogP contribution < -0.4 is 4.74 Å². The maximum atomic E-state index is 13.7. The van der Waals surface area contributed by atoms with Gasteiger partial charge in [-0.1, -0.05) is 72.3 Å². The smallest absolute Gasteiger partial charge is 0.277 e. The van der Waals surface area contributed by atoms with Gasteiger partial charge in [0.05, 0.1) is 12.7 Å². The van der Waals surface area contributed by atoms with Gasteiger partial charge in [0.15, 0.2) is 0 Å². The van der Waals surface area contributed by atoms with Crippen LogP contribution >= 0.6 is 0 Å². The van der Waals surface area contributed by atoms with E-state index in [2.05, 4.69) is 0 Å². The average molecular weight is 455 g/mol. The lowest BCUT2D eigenvalue weighted by molar-refractivity contribution is -0.137. The molecule has 2 amide bonds. The van der Waals surface area contributed by atoms with Crippen LogP contribution in [0.25, 0.3) is 5.57 Å². The second kappa shape index (κ2) is 10.4. The van der Waals surface area contributed by atoms with Crippen molar-refractivity contribution in [3.63, 3.8) is 0 Å². The van der Waals surface area contributed by atoms with Crippen molar-refractivity contribution in [2.24, 2.45) is 0 Å². The number of hydrogen-bond donors (Lipinski definition) is 0. The summed E-state index contributed by atoms with van der Waals surface area (Å²) in [5.74, 6) is 0.318. The molecular formula is C29H30N2O3. The second-order valence-electron chi connectivity index (χ2n) is 8.45. The normalized spacial score (nSPS) is 13.6. The maximum absolute atomic E-state index is 13.7. The van der Waals surface area contributed by atoms with Crippen molar-refractivity contribution in [2.45, 2.75) is 26.8 Å². The van der Waals surface area contributed by atoms with E-state index < -0.39 is 0 Å². The molecule has 1 aliphatic rings. The summed E-state index contributed by atoms with van der Waals surface area (Å²) in [5.41, 5.74) is 4.99. The number of hydrogen-bond acceptors (Lipinski definition) is 4. The number of methoxy groups -OCH3 is 1. The number of ether oxygens (including phenoxy) is 1. The molecule has 34 heavy (non-hydrogen) atoms. The van der Waals surface area contributed by atoms with Gasteiger partial charge >= 0.3 is 0 Å². The van der Waals surface area contributed by atoms with Gasteiger partial charge in [-0.2, -0.15) is 0 Å². The number of imide groups is 1. The van der Waals surface area contributed by atoms with Crippen molar-refractivity contribution in [2.75, 3.05) is 20.2 Å². The number of carbonyl (C=O) groups is 2. The van der Waals surface area contributed by atoms with Crippen LogP contribution in [0.15, 0.2) is 84.6 Å². The predicted octanol–water partition coefficient (Wildman–Crippen LogP) is 4.85. The summed E-state index contributed by atoms with van der Waals surface area (Å²) < 4.78 is 5.22. The molecule has 0 saturated carbocycles. The summed E-state index contributed by atoms with van der Waals surface area (Å²) in [5, 5.41) is 0. The highest BCUT2D eigenvalue weighted by Gasteiger charge is 2.41. The summed E-state index contributed by atoms with van der Waals surface area (Å²) in [6.07, 6.45) is 0.584. The number of nitrogens with zero attached hydrogens (tertiary/aromatic N) is 2. The molecule has 174 valence electrons. The number of amides is 2. The zero-order valence-electron chi connectivity index (χ0n) is 20.0. The molecule has 1 aliphatic heterocycles. The van der Waals surface area contributed by atoms with Crippen molar-refractivity contribution >= 4 is 17.4 Å². The molecule has 0 bridgehead atoms. The van der Waals surface area contributed by atoms with E-state index in [4.69, 9.17) is 4.74 Å². The lowest BCUT2D eigenvalue weighted by Gasteiger charge is -2.25. The van der Waals surface area contributed by atoms with E-state index in [0.717, 1.165) is 28.0 Å². The van der Waals surface area contributed by atoms with Crippen LogP contribution in [0, 0.1) is 6.92 Å². The highest BCUT2D eigenvalue weighted by Crippen LogP contribution is 2.33. The molecule has 3 aromatic rings. The van der Waals surface area contributed by atoms with Gasteiger partial charge in [-0.05, 0) is 49.1 Å². The van der Waals surface area contributed by atoms with Crippen molar-refractivity contribution < 1.29 is 14.3 Å². The molecule has 0 saturated heterocycles. The third-order valence-electron chi connectivity index (χ3n) is 6.18. The minimum Gasteiger partial charge on any atom is -0.497 e. The number of rotatable bonds is 9. The first-order valence-corrected chi connectivity index (χ1v) is 11.6. The highest BCUT2D eigenvalue weighted by molar-refractivity contribution is 6.35. The molecule has 0 fully saturated rings. The molecule has 4 rings (SSSR count). The summed E-state index contributed by atoms with van der Waals surface area (Å²) in [4.78, 5) is 30.7. The van der Waals surface area contributed by atoms with Crippen LogP contribution in [0.4, 0.5) is 0 Å². The summed E-state index contributed by atoms with van der Waals surface area (Å²) in [6, 6.07) is 25.6. The molecule has 3 aromatic carbocycles. The standard InChI is InChI=1S/C29H30N2O3/c1-4-30(20-23-8-6-5-7-9-23)27-26(24-14-10-21(2)11-15-24)28(32)31(29(27)33)19-18-22-12-16-25(34-3)17-13-22/h5-17H,4,18-20H2,1-3H3. The Kier molecular flexibility index (Phi) is 7.12. The van der Waals surface area contributed by atoms with Crippen molar-refractivity contribution in [1.29, 1.82) is 0 Å². The fraction of sp³-hybridized carbons (Fsp3) is 0.241. The maximum Gasteiger partial charge on any atom is 0.277 e. The first-order valence-electron chi connectivity index (χ1n) is 11.6. The number of likely N-dealkylation sites (N-methyl/N-ethyl adjacent to an activating group) is 1. The van der Waals surface area contributed by atoms with E-state index in [9.17, 15) is 9.59 Å². The van der Waals surface area contributed by atoms with Crippen molar-refractivity contribution in [1.82, 2.24) is 9.80 Å². The monoisotopic (exact) mass is 454 g/mol. The van der Waals surface area contributed by atoms with E-state index in [1.165, 1.54) is 4.90 Å². The fourth-order valence-corrected chi connectivity index (χ4v) is 4.23. The van der Waals surface area contributed by atoms with Crippen LogP contribution in [0.1, 0.15) is 29.2 Å². The van der Waals surface area contributed by atoms with Crippen LogP contribution in [0.5, 0.6) is 5.75 Å². The third-order valence-corrected chi connectivity index (χ3v) is 6.18. The number of carbonyl (C=O) groups excluding carboxylic acids is 2. The third kappa shape index (κ3) is 4.88. The van der Waals surface area contributed by atoms with Gasteiger partial charge in [-0.3, -0.25) is 14.5 Å². The van der Waals surface area contributed by atoms with Gasteiger partial charge in [-0.25, -0.2) is 0 Å². The Hall–Kier alpha value is -3.86. The molecule has 1 heterocycles. The Labute approximate surface area is 201 Å². The minimum atomic E-state index is -0.233. The zero-order valence-corrected chi connectivity index (χ0v) is 20.0. The quantitative estimate of drug-likeness (QED) is 0.434. The lowest BCUT2D eigenvalue weighted by Crippen LogP contribution is -2.36. The Morgan fingerprint density at radius 1 is 0.824 bits per heavy atom. The molecule has 0 radical (unpaired) electrons. The van der Waals surface area contributed by atoms with Gasteiger partial charge in [0, 0.05) is 19.6 Å². The predicted molar refractivity (Wildman–Crippen MR) is 134 cm³/mol. The Balaban J connectivity index is 1.65. The molecule has 5 heteroatoms. The van der Waals surface area contributed by atoms with Gasteiger partial charge in [0.1, 0.15) is 11.4 Å². The van der Waals surface area contributed by atoms with Crippen LogP contribution in [-0.4, -0.2) is 41.8 Å². The summed E-state index contributed by atoms with van der Waals surface area (Å²) >= 11 is 0. The van der Waals surface area contributed by atoms with Crippen LogP contribution in [0.3, 0.4) is 0 Å². The lowest BCUT2D eigenvalue weighted by atomic mass is 10.0. The Morgan fingerprint density at radius 3 is 2.12 bits per heavy atom. The van der Waals surface area contributed by atoms with Gasteiger partial charge < -0.3 is 9.64 Å². The summed E-state index contributed by atoms with van der Waals surface area (Å²) in [6.45, 7) is 5.53. The zero-order chi connectivity index (χ0) is 24.1. The Bertz CT molecular complexity index is 1180. The van der Waals surface area contributed by atoms with Crippen molar-refractivity contribution in [3.8, 4) is 5.75 Å². The van der Waals surface area contributed by atoms with Crippen LogP contribution in [-0.2, 0) is 22.6 Å². The van der Waals surface area contributed by atoms with Gasteiger partial charge in [0.25, 0.3) is 11.8 Å². The molecule has 0 aromatic heterocycles. The van der Waals surface area contributed by atoms with E-state index in [1.54, 1.807) is 7.11 Å². The molecule has 0 N–H and O–H groups in total. The first-order chi connectivity index (χ1) is 16.5. The second-order valence-corrected chi connectivity index (χ2v) is 8.45. The number of aryl methyl sites for hydroxylation is 1. The van der Waals surface area contributed by atoms with E-state index in [1.807, 2.05) is 97.6 Å².